The summed E-state index contributed by atoms with van der Waals surface area (Å²) < 4.78 is 6.03. The summed E-state index contributed by atoms with van der Waals surface area (Å²) >= 11 is 0. The summed E-state index contributed by atoms with van der Waals surface area (Å²) in [5, 5.41) is 21.5. The van der Waals surface area contributed by atoms with E-state index in [2.05, 4.69) is 4.98 Å². The molecule has 0 aliphatic carbocycles. The maximum atomic E-state index is 11.1. The molecule has 1 fully saturated rings. The standard InChI is InChI=1S/C15H22N2O4/c1-9-7-12(21-14(13(9)18)15(2,3)4)10-5-6-16-8-11(10)17(19)20/h5-6,8-9,12-14,18H,7H2,1-4H3/t9-,12+,13-,14-/m0/s1. The van der Waals surface area contributed by atoms with Crippen molar-refractivity contribution in [2.24, 2.45) is 11.3 Å². The number of rotatable bonds is 2. The van der Waals surface area contributed by atoms with E-state index in [1.54, 1.807) is 6.07 Å². The molecule has 1 aromatic rings. The van der Waals surface area contributed by atoms with Crippen LogP contribution in [-0.2, 0) is 4.74 Å². The Morgan fingerprint density at radius 1 is 1.48 bits per heavy atom. The number of nitro groups is 1. The largest absolute Gasteiger partial charge is 0.390 e. The van der Waals surface area contributed by atoms with Crippen LogP contribution in [0.1, 0.15) is 45.8 Å². The van der Waals surface area contributed by atoms with Gasteiger partial charge in [-0.25, -0.2) is 0 Å². The minimum Gasteiger partial charge on any atom is -0.390 e. The van der Waals surface area contributed by atoms with E-state index in [0.29, 0.717) is 12.0 Å². The molecular weight excluding hydrogens is 272 g/mol. The van der Waals surface area contributed by atoms with E-state index in [1.807, 2.05) is 27.7 Å². The van der Waals surface area contributed by atoms with Crippen molar-refractivity contribution >= 4 is 5.69 Å². The van der Waals surface area contributed by atoms with Gasteiger partial charge in [0.1, 0.15) is 6.20 Å². The fourth-order valence-corrected chi connectivity index (χ4v) is 2.83. The maximum Gasteiger partial charge on any atom is 0.293 e. The number of aliphatic hydroxyl groups excluding tert-OH is 1. The van der Waals surface area contributed by atoms with Gasteiger partial charge in [0.2, 0.25) is 0 Å². The highest BCUT2D eigenvalue weighted by Gasteiger charge is 2.43. The third-order valence-corrected chi connectivity index (χ3v) is 4.02. The van der Waals surface area contributed by atoms with Crippen LogP contribution in [-0.4, -0.2) is 27.2 Å². The van der Waals surface area contributed by atoms with Gasteiger partial charge in [0.25, 0.3) is 5.69 Å². The van der Waals surface area contributed by atoms with Crippen molar-refractivity contribution in [3.63, 3.8) is 0 Å². The first-order chi connectivity index (χ1) is 9.71. The molecule has 0 saturated carbocycles. The molecule has 6 heteroatoms. The lowest BCUT2D eigenvalue weighted by Gasteiger charge is -2.44. The zero-order chi connectivity index (χ0) is 15.8. The van der Waals surface area contributed by atoms with Gasteiger partial charge >= 0.3 is 0 Å². The molecule has 1 aliphatic heterocycles. The lowest BCUT2D eigenvalue weighted by atomic mass is 9.77. The van der Waals surface area contributed by atoms with Crippen LogP contribution < -0.4 is 0 Å². The number of hydrogen-bond acceptors (Lipinski definition) is 5. The van der Waals surface area contributed by atoms with Crippen LogP contribution in [0, 0.1) is 21.4 Å². The zero-order valence-corrected chi connectivity index (χ0v) is 12.8. The van der Waals surface area contributed by atoms with Gasteiger partial charge in [0, 0.05) is 6.20 Å². The SMILES string of the molecule is C[C@H]1C[C@H](c2ccncc2[N+](=O)[O-])O[C@H](C(C)(C)C)[C@H]1O. The van der Waals surface area contributed by atoms with Crippen molar-refractivity contribution in [3.8, 4) is 0 Å². The van der Waals surface area contributed by atoms with Crippen molar-refractivity contribution in [3.05, 3.63) is 34.1 Å². The minimum absolute atomic E-state index is 0.0146. The molecule has 116 valence electrons. The highest BCUT2D eigenvalue weighted by Crippen LogP contribution is 2.42. The molecule has 1 saturated heterocycles. The van der Waals surface area contributed by atoms with Crippen molar-refractivity contribution in [1.29, 1.82) is 0 Å². The van der Waals surface area contributed by atoms with Gasteiger partial charge in [-0.15, -0.1) is 0 Å². The van der Waals surface area contributed by atoms with E-state index in [1.165, 1.54) is 12.4 Å². The number of pyridine rings is 1. The van der Waals surface area contributed by atoms with Crippen LogP contribution in [0.15, 0.2) is 18.5 Å². The van der Waals surface area contributed by atoms with Gasteiger partial charge in [-0.2, -0.15) is 0 Å². The van der Waals surface area contributed by atoms with Crippen LogP contribution in [0.3, 0.4) is 0 Å². The first-order valence-electron chi connectivity index (χ1n) is 7.13. The summed E-state index contributed by atoms with van der Waals surface area (Å²) in [6.07, 6.45) is 2.02. The fourth-order valence-electron chi connectivity index (χ4n) is 2.83. The van der Waals surface area contributed by atoms with Gasteiger partial charge in [-0.3, -0.25) is 15.1 Å². The van der Waals surface area contributed by atoms with Crippen molar-refractivity contribution in [2.75, 3.05) is 0 Å². The average molecular weight is 294 g/mol. The lowest BCUT2D eigenvalue weighted by molar-refractivity contribution is -0.386. The molecule has 0 radical (unpaired) electrons. The van der Waals surface area contributed by atoms with Gasteiger partial charge in [-0.1, -0.05) is 27.7 Å². The Labute approximate surface area is 124 Å². The monoisotopic (exact) mass is 294 g/mol. The quantitative estimate of drug-likeness (QED) is 0.669. The maximum absolute atomic E-state index is 11.1. The first kappa shape index (κ1) is 15.9. The molecule has 0 amide bonds. The van der Waals surface area contributed by atoms with Crippen LogP contribution in [0.4, 0.5) is 5.69 Å². The second-order valence-electron chi connectivity index (χ2n) is 6.81. The summed E-state index contributed by atoms with van der Waals surface area (Å²) in [6.45, 7) is 7.94. The summed E-state index contributed by atoms with van der Waals surface area (Å²) in [5.41, 5.74) is 0.260. The number of hydrogen-bond donors (Lipinski definition) is 1. The smallest absolute Gasteiger partial charge is 0.293 e. The Balaban J connectivity index is 2.35. The Kier molecular flexibility index (Phi) is 4.30. The first-order valence-corrected chi connectivity index (χ1v) is 7.13. The normalized spacial score (nSPS) is 30.1. The average Bonchev–Trinajstić information content (AvgIpc) is 2.40. The van der Waals surface area contributed by atoms with Crippen molar-refractivity contribution in [1.82, 2.24) is 4.98 Å². The number of aliphatic hydroxyl groups is 1. The molecule has 6 nitrogen and oxygen atoms in total. The Morgan fingerprint density at radius 3 is 2.71 bits per heavy atom. The van der Waals surface area contributed by atoms with Gasteiger partial charge < -0.3 is 9.84 Å². The highest BCUT2D eigenvalue weighted by molar-refractivity contribution is 5.38. The molecule has 4 atom stereocenters. The van der Waals surface area contributed by atoms with E-state index < -0.39 is 17.1 Å². The topological polar surface area (TPSA) is 85.5 Å². The van der Waals surface area contributed by atoms with Gasteiger partial charge in [0.05, 0.1) is 28.8 Å². The third-order valence-electron chi connectivity index (χ3n) is 4.02. The zero-order valence-electron chi connectivity index (χ0n) is 12.8. The molecular formula is C15H22N2O4. The number of ether oxygens (including phenoxy) is 1. The van der Waals surface area contributed by atoms with Gasteiger partial charge in [-0.05, 0) is 23.8 Å². The Morgan fingerprint density at radius 2 is 2.14 bits per heavy atom. The van der Waals surface area contributed by atoms with E-state index in [0.717, 1.165) is 0 Å². The lowest BCUT2D eigenvalue weighted by Crippen LogP contribution is -2.48. The molecule has 1 aromatic heterocycles. The number of nitrogens with zero attached hydrogens (tertiary/aromatic N) is 2. The summed E-state index contributed by atoms with van der Waals surface area (Å²) in [4.78, 5) is 14.5. The second-order valence-corrected chi connectivity index (χ2v) is 6.81. The molecule has 0 unspecified atom stereocenters. The molecule has 2 rings (SSSR count). The highest BCUT2D eigenvalue weighted by atomic mass is 16.6. The molecule has 0 aromatic carbocycles. The Hall–Kier alpha value is -1.53. The predicted octanol–water partition coefficient (Wildman–Crippen LogP) is 2.86. The summed E-state index contributed by atoms with van der Waals surface area (Å²) in [6, 6.07) is 1.63. The molecule has 2 heterocycles. The van der Waals surface area contributed by atoms with Crippen molar-refractivity contribution in [2.45, 2.75) is 52.4 Å². The number of aromatic nitrogens is 1. The minimum atomic E-state index is -0.567. The van der Waals surface area contributed by atoms with Crippen LogP contribution in [0.25, 0.3) is 0 Å². The predicted molar refractivity (Wildman–Crippen MR) is 77.7 cm³/mol. The van der Waals surface area contributed by atoms with Gasteiger partial charge in [0.15, 0.2) is 0 Å². The third kappa shape index (κ3) is 3.22. The molecule has 0 bridgehead atoms. The summed E-state index contributed by atoms with van der Waals surface area (Å²) in [5.74, 6) is 0.0146. The van der Waals surface area contributed by atoms with Crippen LogP contribution in [0.2, 0.25) is 0 Å². The van der Waals surface area contributed by atoms with Crippen LogP contribution >= 0.6 is 0 Å². The molecule has 1 aliphatic rings. The van der Waals surface area contributed by atoms with E-state index in [4.69, 9.17) is 4.74 Å². The van der Waals surface area contributed by atoms with Crippen LogP contribution in [0.5, 0.6) is 0 Å². The molecule has 0 spiro atoms. The van der Waals surface area contributed by atoms with E-state index >= 15 is 0 Å². The Bertz CT molecular complexity index is 527. The second kappa shape index (κ2) is 5.69. The van der Waals surface area contributed by atoms with E-state index in [9.17, 15) is 15.2 Å². The summed E-state index contributed by atoms with van der Waals surface area (Å²) in [7, 11) is 0. The molecule has 1 N–H and O–H groups in total. The van der Waals surface area contributed by atoms with E-state index in [-0.39, 0.29) is 23.1 Å². The van der Waals surface area contributed by atoms with Crippen molar-refractivity contribution < 1.29 is 14.8 Å². The molecule has 21 heavy (non-hydrogen) atoms. The fraction of sp³-hybridized carbons (Fsp3) is 0.667.